The number of rotatable bonds is 4. The molecule has 0 N–H and O–H groups in total. The third-order valence-electron chi connectivity index (χ3n) is 11.6. The number of hydrogen-bond donors (Lipinski definition) is 0. The molecule has 0 saturated heterocycles. The van der Waals surface area contributed by atoms with Crippen LogP contribution in [0, 0.1) is 0 Å². The molecule has 9 rings (SSSR count). The van der Waals surface area contributed by atoms with Crippen LogP contribution < -0.4 is 4.90 Å². The minimum Gasteiger partial charge on any atom is -0.310 e. The summed E-state index contributed by atoms with van der Waals surface area (Å²) in [7, 11) is 0. The van der Waals surface area contributed by atoms with Gasteiger partial charge < -0.3 is 4.90 Å². The van der Waals surface area contributed by atoms with E-state index in [1.54, 1.807) is 0 Å². The summed E-state index contributed by atoms with van der Waals surface area (Å²) in [6.45, 7) is 9.58. The van der Waals surface area contributed by atoms with Gasteiger partial charge in [-0.25, -0.2) is 0 Å². The highest BCUT2D eigenvalue weighted by molar-refractivity contribution is 6.28. The van der Waals surface area contributed by atoms with Crippen molar-refractivity contribution in [3.8, 4) is 22.3 Å². The van der Waals surface area contributed by atoms with Crippen molar-refractivity contribution < 1.29 is 0 Å². The van der Waals surface area contributed by atoms with Crippen molar-refractivity contribution in [3.63, 3.8) is 0 Å². The van der Waals surface area contributed by atoms with Crippen LogP contribution in [-0.2, 0) is 10.8 Å². The highest BCUT2D eigenvalue weighted by Crippen LogP contribution is 2.54. The number of nitrogens with zero attached hydrogens (tertiary/aromatic N) is 1. The summed E-state index contributed by atoms with van der Waals surface area (Å²) < 4.78 is 0. The van der Waals surface area contributed by atoms with Crippen LogP contribution in [0.3, 0.4) is 0 Å². The van der Waals surface area contributed by atoms with Crippen LogP contribution >= 0.6 is 0 Å². The van der Waals surface area contributed by atoms with Crippen molar-refractivity contribution in [2.24, 2.45) is 0 Å². The van der Waals surface area contributed by atoms with Crippen LogP contribution in [0.1, 0.15) is 38.8 Å². The summed E-state index contributed by atoms with van der Waals surface area (Å²) in [5, 5.41) is 7.64. The van der Waals surface area contributed by atoms with Crippen LogP contribution in [0.4, 0.5) is 17.1 Å². The second-order valence-electron chi connectivity index (χ2n) is 14.6. The van der Waals surface area contributed by atoms with Gasteiger partial charge in [0.15, 0.2) is 0 Å². The van der Waals surface area contributed by atoms with Crippen LogP contribution in [-0.4, -0.2) is 0 Å². The largest absolute Gasteiger partial charge is 0.310 e. The molecule has 1 aliphatic rings. The van der Waals surface area contributed by atoms with Gasteiger partial charge in [-0.05, 0) is 108 Å². The molecule has 236 valence electrons. The average Bonchev–Trinajstić information content (AvgIpc) is 3.15. The fourth-order valence-electron chi connectivity index (χ4n) is 8.38. The van der Waals surface area contributed by atoms with E-state index in [4.69, 9.17) is 0 Å². The van der Waals surface area contributed by atoms with E-state index in [9.17, 15) is 0 Å². The highest BCUT2D eigenvalue weighted by Gasteiger charge is 2.45. The predicted molar refractivity (Wildman–Crippen MR) is 211 cm³/mol. The first-order valence-corrected chi connectivity index (χ1v) is 17.4. The number of fused-ring (bicyclic) bond motifs is 9. The summed E-state index contributed by atoms with van der Waals surface area (Å²) in [6.07, 6.45) is 0. The summed E-state index contributed by atoms with van der Waals surface area (Å²) in [5.41, 5.74) is 11.4. The molecule has 0 fully saturated rings. The van der Waals surface area contributed by atoms with E-state index in [0.717, 1.165) is 11.4 Å². The van der Waals surface area contributed by atoms with Crippen molar-refractivity contribution in [1.82, 2.24) is 0 Å². The maximum atomic E-state index is 2.44. The summed E-state index contributed by atoms with van der Waals surface area (Å²) in [6, 6.07) is 60.4. The molecule has 0 bridgehead atoms. The van der Waals surface area contributed by atoms with Gasteiger partial charge in [0, 0.05) is 16.8 Å². The van der Waals surface area contributed by atoms with E-state index < -0.39 is 0 Å². The quantitative estimate of drug-likeness (QED) is 0.175. The second-order valence-corrected chi connectivity index (χ2v) is 14.6. The lowest BCUT2D eigenvalue weighted by atomic mass is 9.55. The Hall–Kier alpha value is -5.66. The van der Waals surface area contributed by atoms with Gasteiger partial charge in [0.05, 0.1) is 5.69 Å². The van der Waals surface area contributed by atoms with Crippen molar-refractivity contribution in [3.05, 3.63) is 175 Å². The summed E-state index contributed by atoms with van der Waals surface area (Å²) in [4.78, 5) is 2.44. The molecule has 8 aromatic carbocycles. The molecule has 0 atom stereocenters. The monoisotopic (exact) mass is 629 g/mol. The molecule has 0 unspecified atom stereocenters. The lowest BCUT2D eigenvalue weighted by molar-refractivity contribution is 0.299. The van der Waals surface area contributed by atoms with Gasteiger partial charge in [-0.2, -0.15) is 0 Å². The molecule has 1 aliphatic carbocycles. The molecule has 49 heavy (non-hydrogen) atoms. The zero-order valence-electron chi connectivity index (χ0n) is 28.5. The molecule has 1 heteroatoms. The minimum atomic E-state index is -0.0114. The molecule has 0 spiro atoms. The van der Waals surface area contributed by atoms with E-state index in [-0.39, 0.29) is 10.8 Å². The Labute approximate surface area is 289 Å². The number of para-hydroxylation sites is 1. The van der Waals surface area contributed by atoms with Crippen molar-refractivity contribution in [1.29, 1.82) is 0 Å². The van der Waals surface area contributed by atoms with Gasteiger partial charge in [0.25, 0.3) is 0 Å². The molecule has 8 aromatic rings. The molecule has 0 aromatic heterocycles. The van der Waals surface area contributed by atoms with Crippen molar-refractivity contribution in [2.75, 3.05) is 4.90 Å². The van der Waals surface area contributed by atoms with E-state index in [0.29, 0.717) is 0 Å². The molecule has 0 radical (unpaired) electrons. The third kappa shape index (κ3) is 4.39. The Morgan fingerprint density at radius 2 is 0.878 bits per heavy atom. The van der Waals surface area contributed by atoms with Crippen LogP contribution in [0.2, 0.25) is 0 Å². The average molecular weight is 630 g/mol. The van der Waals surface area contributed by atoms with Gasteiger partial charge in [-0.15, -0.1) is 0 Å². The molecule has 0 amide bonds. The van der Waals surface area contributed by atoms with E-state index >= 15 is 0 Å². The standard InChI is InChI=1S/C48H39N/c1-47(2)43-26-13-12-23-39(43)42-31-33(28-29-44(42)48(47,3)4)32-16-14-19-35(30-32)49(34-17-6-5-7-18-34)45-27-15-25-41-38-21-9-8-20-36(38)37-22-10-11-24-40(37)46(41)45/h5-31H,1-4H3. The predicted octanol–water partition coefficient (Wildman–Crippen LogP) is 13.5. The van der Waals surface area contributed by atoms with Gasteiger partial charge in [-0.3, -0.25) is 0 Å². The zero-order chi connectivity index (χ0) is 33.3. The van der Waals surface area contributed by atoms with E-state index in [1.807, 2.05) is 0 Å². The first-order valence-electron chi connectivity index (χ1n) is 17.4. The Morgan fingerprint density at radius 3 is 1.59 bits per heavy atom. The molecule has 0 aliphatic heterocycles. The first kappa shape index (κ1) is 29.5. The van der Waals surface area contributed by atoms with Crippen molar-refractivity contribution in [2.45, 2.75) is 38.5 Å². The molecule has 0 heterocycles. The van der Waals surface area contributed by atoms with Crippen LogP contribution in [0.5, 0.6) is 0 Å². The highest BCUT2D eigenvalue weighted by atomic mass is 15.1. The van der Waals surface area contributed by atoms with Gasteiger partial charge in [0.1, 0.15) is 0 Å². The number of benzene rings is 8. The first-order chi connectivity index (χ1) is 23.8. The van der Waals surface area contributed by atoms with Crippen LogP contribution in [0.15, 0.2) is 164 Å². The summed E-state index contributed by atoms with van der Waals surface area (Å²) >= 11 is 0. The van der Waals surface area contributed by atoms with Crippen LogP contribution in [0.25, 0.3) is 54.6 Å². The molecular formula is C48H39N. The fourth-order valence-corrected chi connectivity index (χ4v) is 8.38. The van der Waals surface area contributed by atoms with Gasteiger partial charge in [-0.1, -0.05) is 155 Å². The number of hydrogen-bond acceptors (Lipinski definition) is 1. The second kappa shape index (κ2) is 10.9. The smallest absolute Gasteiger partial charge is 0.0546 e. The Bertz CT molecular complexity index is 2510. The Balaban J connectivity index is 1.26. The van der Waals surface area contributed by atoms with Gasteiger partial charge in [0.2, 0.25) is 0 Å². The fraction of sp³-hybridized carbons (Fsp3) is 0.125. The summed E-state index contributed by atoms with van der Waals surface area (Å²) in [5.74, 6) is 0. The third-order valence-corrected chi connectivity index (χ3v) is 11.6. The Morgan fingerprint density at radius 1 is 0.367 bits per heavy atom. The SMILES string of the molecule is CC1(C)c2ccccc2-c2cc(-c3cccc(N(c4ccccc4)c4cccc5c6ccccc6c6ccccc6c45)c3)ccc2C1(C)C. The zero-order valence-corrected chi connectivity index (χ0v) is 28.5. The lowest BCUT2D eigenvalue weighted by Crippen LogP contribution is -2.43. The number of anilines is 3. The molecule has 1 nitrogen and oxygen atoms in total. The lowest BCUT2D eigenvalue weighted by Gasteiger charge is -2.48. The minimum absolute atomic E-state index is 0.0114. The van der Waals surface area contributed by atoms with E-state index in [1.165, 1.54) is 71.4 Å². The maximum Gasteiger partial charge on any atom is 0.0546 e. The van der Waals surface area contributed by atoms with Crippen molar-refractivity contribution >= 4 is 49.4 Å². The molecular weight excluding hydrogens is 591 g/mol. The molecule has 0 saturated carbocycles. The maximum absolute atomic E-state index is 2.44. The van der Waals surface area contributed by atoms with Gasteiger partial charge >= 0.3 is 0 Å². The van der Waals surface area contributed by atoms with E-state index in [2.05, 4.69) is 196 Å². The topological polar surface area (TPSA) is 3.24 Å². The Kier molecular flexibility index (Phi) is 6.58. The normalized spacial score (nSPS) is 14.4.